The molecule has 1 aromatic rings. The molecule has 1 atom stereocenters. The van der Waals surface area contributed by atoms with Gasteiger partial charge in [0.15, 0.2) is 0 Å². The highest BCUT2D eigenvalue weighted by molar-refractivity contribution is 7.89. The van der Waals surface area contributed by atoms with Crippen LogP contribution in [0.15, 0.2) is 23.1 Å². The van der Waals surface area contributed by atoms with Crippen molar-refractivity contribution in [2.75, 3.05) is 11.9 Å². The Bertz CT molecular complexity index is 581. The zero-order valence-corrected chi connectivity index (χ0v) is 12.5. The van der Waals surface area contributed by atoms with Crippen LogP contribution >= 0.6 is 0 Å². The lowest BCUT2D eigenvalue weighted by atomic mass is 10.0. The summed E-state index contributed by atoms with van der Waals surface area (Å²) in [6, 6.07) is 4.39. The van der Waals surface area contributed by atoms with Crippen LogP contribution in [-0.2, 0) is 14.8 Å². The van der Waals surface area contributed by atoms with E-state index in [-0.39, 0.29) is 16.7 Å². The largest absolute Gasteiger partial charge is 0.330 e. The number of hydrogen-bond donors (Lipinski definition) is 3. The van der Waals surface area contributed by atoms with E-state index in [1.807, 2.05) is 6.92 Å². The van der Waals surface area contributed by atoms with Crippen molar-refractivity contribution in [3.05, 3.63) is 23.8 Å². The van der Waals surface area contributed by atoms with Gasteiger partial charge in [-0.1, -0.05) is 19.4 Å². The first-order chi connectivity index (χ1) is 9.27. The molecule has 5 N–H and O–H groups in total. The number of hydrogen-bond acceptors (Lipinski definition) is 4. The maximum Gasteiger partial charge on any atom is 0.238 e. The van der Waals surface area contributed by atoms with E-state index in [9.17, 15) is 13.2 Å². The monoisotopic (exact) mass is 299 g/mol. The first-order valence-corrected chi connectivity index (χ1v) is 7.96. The molecule has 7 heteroatoms. The number of amides is 1. The minimum Gasteiger partial charge on any atom is -0.330 e. The lowest BCUT2D eigenvalue weighted by molar-refractivity contribution is -0.117. The number of anilines is 1. The van der Waals surface area contributed by atoms with Gasteiger partial charge in [0.05, 0.1) is 4.90 Å². The average Bonchev–Trinajstić information content (AvgIpc) is 2.37. The summed E-state index contributed by atoms with van der Waals surface area (Å²) in [6.45, 7) is 4.20. The molecule has 1 aromatic carbocycles. The minimum atomic E-state index is -3.78. The molecular weight excluding hydrogens is 278 g/mol. The fourth-order valence-corrected chi connectivity index (χ4v) is 2.31. The third-order valence-corrected chi connectivity index (χ3v) is 4.11. The Morgan fingerprint density at radius 1 is 1.40 bits per heavy atom. The molecule has 1 amide bonds. The van der Waals surface area contributed by atoms with E-state index in [0.717, 1.165) is 12.0 Å². The zero-order valence-electron chi connectivity index (χ0n) is 11.7. The van der Waals surface area contributed by atoms with E-state index in [1.54, 1.807) is 13.0 Å². The number of primary sulfonamides is 1. The van der Waals surface area contributed by atoms with Crippen molar-refractivity contribution in [2.45, 2.75) is 31.6 Å². The van der Waals surface area contributed by atoms with E-state index in [2.05, 4.69) is 5.32 Å². The number of nitrogens with two attached hydrogens (primary N) is 2. The normalized spacial score (nSPS) is 13.0. The molecule has 20 heavy (non-hydrogen) atoms. The molecule has 6 nitrogen and oxygen atoms in total. The molecule has 0 bridgehead atoms. The van der Waals surface area contributed by atoms with Crippen LogP contribution < -0.4 is 16.2 Å². The Labute approximate surface area is 119 Å². The molecule has 0 aromatic heterocycles. The van der Waals surface area contributed by atoms with Gasteiger partial charge in [-0.25, -0.2) is 13.6 Å². The molecule has 0 aliphatic heterocycles. The van der Waals surface area contributed by atoms with Gasteiger partial charge in [-0.05, 0) is 37.1 Å². The van der Waals surface area contributed by atoms with Gasteiger partial charge < -0.3 is 11.1 Å². The molecule has 0 aliphatic rings. The van der Waals surface area contributed by atoms with Crippen molar-refractivity contribution in [1.29, 1.82) is 0 Å². The van der Waals surface area contributed by atoms with Crippen LogP contribution in [0.1, 0.15) is 25.3 Å². The molecule has 0 saturated carbocycles. The van der Waals surface area contributed by atoms with Gasteiger partial charge in [0, 0.05) is 12.1 Å². The summed E-state index contributed by atoms with van der Waals surface area (Å²) in [6.07, 6.45) is 1.13. The van der Waals surface area contributed by atoms with E-state index < -0.39 is 10.0 Å². The summed E-state index contributed by atoms with van der Waals surface area (Å²) < 4.78 is 22.6. The predicted molar refractivity (Wildman–Crippen MR) is 78.6 cm³/mol. The average molecular weight is 299 g/mol. The predicted octanol–water partition coefficient (Wildman–Crippen LogP) is 0.956. The van der Waals surface area contributed by atoms with E-state index in [4.69, 9.17) is 10.9 Å². The zero-order chi connectivity index (χ0) is 15.3. The molecule has 1 unspecified atom stereocenters. The maximum atomic E-state index is 11.9. The Morgan fingerprint density at radius 3 is 2.55 bits per heavy atom. The van der Waals surface area contributed by atoms with Gasteiger partial charge in [-0.15, -0.1) is 0 Å². The van der Waals surface area contributed by atoms with Gasteiger partial charge in [0.2, 0.25) is 15.9 Å². The Hall–Kier alpha value is -1.44. The van der Waals surface area contributed by atoms with E-state index >= 15 is 0 Å². The first kappa shape index (κ1) is 16.6. The second-order valence-corrected chi connectivity index (χ2v) is 6.35. The summed E-state index contributed by atoms with van der Waals surface area (Å²) in [4.78, 5) is 11.9. The molecule has 0 saturated heterocycles. The van der Waals surface area contributed by atoms with Crippen LogP contribution in [0.4, 0.5) is 5.69 Å². The molecule has 0 heterocycles. The summed E-state index contributed by atoms with van der Waals surface area (Å²) in [5.41, 5.74) is 6.78. The summed E-state index contributed by atoms with van der Waals surface area (Å²) in [5.74, 6) is -0.0614. The minimum absolute atomic E-state index is 0.0238. The lowest BCUT2D eigenvalue weighted by Crippen LogP contribution is -2.22. The van der Waals surface area contributed by atoms with E-state index in [1.165, 1.54) is 12.1 Å². The molecule has 0 fully saturated rings. The van der Waals surface area contributed by atoms with Crippen LogP contribution in [0, 0.1) is 12.8 Å². The third-order valence-electron chi connectivity index (χ3n) is 3.20. The molecule has 0 spiro atoms. The number of nitrogens with one attached hydrogen (secondary N) is 1. The van der Waals surface area contributed by atoms with Crippen molar-refractivity contribution in [1.82, 2.24) is 0 Å². The van der Waals surface area contributed by atoms with Crippen LogP contribution in [0.25, 0.3) is 0 Å². The molecule has 0 aliphatic carbocycles. The third kappa shape index (κ3) is 4.59. The molecule has 112 valence electrons. The summed E-state index contributed by atoms with van der Waals surface area (Å²) in [5, 5.41) is 7.78. The van der Waals surface area contributed by atoms with Crippen LogP contribution in [0.3, 0.4) is 0 Å². The van der Waals surface area contributed by atoms with Crippen LogP contribution in [-0.4, -0.2) is 20.9 Å². The number of benzene rings is 1. The maximum absolute atomic E-state index is 11.9. The smallest absolute Gasteiger partial charge is 0.238 e. The van der Waals surface area contributed by atoms with Crippen molar-refractivity contribution < 1.29 is 13.2 Å². The van der Waals surface area contributed by atoms with Gasteiger partial charge >= 0.3 is 0 Å². The van der Waals surface area contributed by atoms with E-state index in [0.29, 0.717) is 18.7 Å². The highest BCUT2D eigenvalue weighted by Crippen LogP contribution is 2.20. The number of sulfonamides is 1. The Balaban J connectivity index is 2.89. The molecule has 0 radical (unpaired) electrons. The van der Waals surface area contributed by atoms with Crippen molar-refractivity contribution in [3.63, 3.8) is 0 Å². The fourth-order valence-electron chi connectivity index (χ4n) is 1.77. The highest BCUT2D eigenvalue weighted by Gasteiger charge is 2.14. The summed E-state index contributed by atoms with van der Waals surface area (Å²) >= 11 is 0. The standard InChI is InChI=1S/C13H21N3O3S/c1-3-10(8-14)6-13(17)16-12-7-11(20(15,18)19)5-4-9(12)2/h4-5,7,10H,3,6,8,14H2,1-2H3,(H,16,17)(H2,15,18,19). The van der Waals surface area contributed by atoms with Crippen molar-refractivity contribution in [2.24, 2.45) is 16.8 Å². The van der Waals surface area contributed by atoms with Gasteiger partial charge in [-0.3, -0.25) is 4.79 Å². The number of rotatable bonds is 6. The SMILES string of the molecule is CCC(CN)CC(=O)Nc1cc(S(N)(=O)=O)ccc1C. The Morgan fingerprint density at radius 2 is 2.05 bits per heavy atom. The molecule has 1 rings (SSSR count). The van der Waals surface area contributed by atoms with Gasteiger partial charge in [-0.2, -0.15) is 0 Å². The summed E-state index contributed by atoms with van der Waals surface area (Å²) in [7, 11) is -3.78. The fraction of sp³-hybridized carbons (Fsp3) is 0.462. The van der Waals surface area contributed by atoms with Crippen molar-refractivity contribution in [3.8, 4) is 0 Å². The second kappa shape index (κ2) is 6.83. The number of carbonyl (C=O) groups excluding carboxylic acids is 1. The number of carbonyl (C=O) groups is 1. The quantitative estimate of drug-likeness (QED) is 0.725. The Kier molecular flexibility index (Phi) is 5.67. The van der Waals surface area contributed by atoms with Crippen molar-refractivity contribution >= 4 is 21.6 Å². The van der Waals surface area contributed by atoms with Gasteiger partial charge in [0.25, 0.3) is 0 Å². The lowest BCUT2D eigenvalue weighted by Gasteiger charge is -2.14. The van der Waals surface area contributed by atoms with Crippen LogP contribution in [0.5, 0.6) is 0 Å². The first-order valence-electron chi connectivity index (χ1n) is 6.41. The second-order valence-electron chi connectivity index (χ2n) is 4.78. The topological polar surface area (TPSA) is 115 Å². The molecular formula is C13H21N3O3S. The van der Waals surface area contributed by atoms with Gasteiger partial charge in [0.1, 0.15) is 0 Å². The number of aryl methyl sites for hydroxylation is 1. The van der Waals surface area contributed by atoms with Crippen LogP contribution in [0.2, 0.25) is 0 Å². The highest BCUT2D eigenvalue weighted by atomic mass is 32.2.